The number of fused-ring (bicyclic) bond motifs is 5. The Kier molecular flexibility index (Phi) is 12.4. The standard InChI is InChI=1S/C49H55NO13/c1-27(51)24-48-26-60-35(48)23-34(59-7)47(6)40(48)42(63-44(56)32-21-15-10-16-22-32)49(58)25-33(28(2)36(46(49,4)5)39(41(47)54)61-29(3)52)62-45(57)38(53)37(30-17-11-8-12-18-30)50-43(55)31-19-13-9-14-20-31/h8-22,33-35,37-40,42,53,58H,23-26H2,1-7H3,(H,50,55)/t33-,34?,35?,37?,38+,39?,40?,42-,47?,48+,49?/m0/s1. The van der Waals surface area contributed by atoms with Gasteiger partial charge in [-0.05, 0) is 61.7 Å². The van der Waals surface area contributed by atoms with E-state index in [1.807, 2.05) is 0 Å². The molecule has 2 bridgehead atoms. The van der Waals surface area contributed by atoms with Gasteiger partial charge in [0.1, 0.15) is 23.6 Å². The number of methoxy groups -OCH3 is 1. The normalized spacial score (nSPS) is 31.6. The Labute approximate surface area is 366 Å². The molecule has 7 rings (SSSR count). The number of Topliss-reactive ketones (excluding diaryl/α,β-unsaturated/α-hetero) is 2. The Bertz CT molecular complexity index is 2300. The predicted octanol–water partition coefficient (Wildman–Crippen LogP) is 5.05. The van der Waals surface area contributed by atoms with Gasteiger partial charge in [-0.2, -0.15) is 0 Å². The average Bonchev–Trinajstić information content (AvgIpc) is 3.25. The third-order valence-corrected chi connectivity index (χ3v) is 14.2. The van der Waals surface area contributed by atoms with E-state index in [9.17, 15) is 34.2 Å². The van der Waals surface area contributed by atoms with E-state index in [2.05, 4.69) is 5.32 Å². The zero-order chi connectivity index (χ0) is 45.6. The molecular formula is C49H55NO13. The minimum absolute atomic E-state index is 0.0305. The van der Waals surface area contributed by atoms with E-state index in [0.717, 1.165) is 6.92 Å². The van der Waals surface area contributed by atoms with Crippen LogP contribution in [0.4, 0.5) is 0 Å². The fraction of sp³-hybridized carbons (Fsp3) is 0.469. The minimum Gasteiger partial charge on any atom is -0.456 e. The number of amides is 1. The number of esters is 3. The molecule has 1 saturated heterocycles. The number of hydrogen-bond acceptors (Lipinski definition) is 13. The number of aliphatic hydroxyl groups is 2. The smallest absolute Gasteiger partial charge is 0.338 e. The zero-order valence-corrected chi connectivity index (χ0v) is 36.5. The molecule has 0 spiro atoms. The van der Waals surface area contributed by atoms with Crippen molar-refractivity contribution in [2.24, 2.45) is 22.2 Å². The summed E-state index contributed by atoms with van der Waals surface area (Å²) in [5.41, 5.74) is -5.55. The molecule has 3 N–H and O–H groups in total. The summed E-state index contributed by atoms with van der Waals surface area (Å²) in [4.78, 5) is 84.5. The summed E-state index contributed by atoms with van der Waals surface area (Å²) in [6.07, 6.45) is -8.72. The first kappa shape index (κ1) is 45.5. The number of aliphatic hydroxyl groups excluding tert-OH is 1. The molecule has 1 heterocycles. The van der Waals surface area contributed by atoms with Gasteiger partial charge in [-0.3, -0.25) is 14.4 Å². The summed E-state index contributed by atoms with van der Waals surface area (Å²) in [7, 11) is 1.43. The van der Waals surface area contributed by atoms with Crippen molar-refractivity contribution in [1.29, 1.82) is 0 Å². The summed E-state index contributed by atoms with van der Waals surface area (Å²) in [5, 5.41) is 28.4. The second-order valence-electron chi connectivity index (χ2n) is 18.1. The topological polar surface area (TPSA) is 201 Å². The van der Waals surface area contributed by atoms with Crippen molar-refractivity contribution in [1.82, 2.24) is 5.32 Å². The molecule has 1 amide bonds. The highest BCUT2D eigenvalue weighted by Crippen LogP contribution is 2.67. The van der Waals surface area contributed by atoms with Gasteiger partial charge in [0, 0.05) is 55.6 Å². The molecule has 14 nitrogen and oxygen atoms in total. The highest BCUT2D eigenvalue weighted by molar-refractivity contribution is 5.96. The molecule has 7 unspecified atom stereocenters. The number of ketones is 2. The number of rotatable bonds is 12. The maximum Gasteiger partial charge on any atom is 0.338 e. The first-order chi connectivity index (χ1) is 29.8. The highest BCUT2D eigenvalue weighted by atomic mass is 16.6. The van der Waals surface area contributed by atoms with Crippen molar-refractivity contribution in [3.05, 3.63) is 119 Å². The van der Waals surface area contributed by atoms with E-state index in [4.69, 9.17) is 23.7 Å². The summed E-state index contributed by atoms with van der Waals surface area (Å²) in [6, 6.07) is 23.4. The van der Waals surface area contributed by atoms with E-state index < -0.39 is 106 Å². The van der Waals surface area contributed by atoms with Gasteiger partial charge in [-0.25, -0.2) is 9.59 Å². The van der Waals surface area contributed by atoms with Crippen molar-refractivity contribution in [2.75, 3.05) is 13.7 Å². The van der Waals surface area contributed by atoms with E-state index in [0.29, 0.717) is 5.56 Å². The lowest BCUT2D eigenvalue weighted by atomic mass is 9.41. The molecule has 4 aliphatic rings. The Balaban J connectivity index is 1.40. The molecule has 63 heavy (non-hydrogen) atoms. The minimum atomic E-state index is -2.26. The number of hydrogen-bond donors (Lipinski definition) is 3. The predicted molar refractivity (Wildman–Crippen MR) is 226 cm³/mol. The van der Waals surface area contributed by atoms with Crippen molar-refractivity contribution in [2.45, 2.75) is 109 Å². The molecule has 0 radical (unpaired) electrons. The van der Waals surface area contributed by atoms with Crippen LogP contribution in [-0.2, 0) is 42.9 Å². The molecule has 2 saturated carbocycles. The lowest BCUT2D eigenvalue weighted by Crippen LogP contribution is -2.78. The van der Waals surface area contributed by atoms with Gasteiger partial charge in [0.05, 0.1) is 35.8 Å². The van der Waals surface area contributed by atoms with Gasteiger partial charge < -0.3 is 44.0 Å². The average molecular weight is 866 g/mol. The van der Waals surface area contributed by atoms with Crippen LogP contribution in [-0.4, -0.2) is 102 Å². The molecule has 3 aliphatic carbocycles. The van der Waals surface area contributed by atoms with Crippen LogP contribution in [0.25, 0.3) is 0 Å². The molecule has 1 aliphatic heterocycles. The number of carbonyl (C=O) groups excluding carboxylic acids is 6. The molecule has 11 atom stereocenters. The zero-order valence-electron chi connectivity index (χ0n) is 36.5. The Hall–Kier alpha value is -5.54. The number of benzene rings is 3. The van der Waals surface area contributed by atoms with E-state index in [1.54, 1.807) is 119 Å². The van der Waals surface area contributed by atoms with Crippen molar-refractivity contribution >= 4 is 35.4 Å². The van der Waals surface area contributed by atoms with Crippen LogP contribution in [0.3, 0.4) is 0 Å². The van der Waals surface area contributed by atoms with Crippen LogP contribution >= 0.6 is 0 Å². The Morgan fingerprint density at radius 1 is 0.857 bits per heavy atom. The van der Waals surface area contributed by atoms with Crippen LogP contribution in [0.5, 0.6) is 0 Å². The van der Waals surface area contributed by atoms with Crippen LogP contribution in [0.15, 0.2) is 102 Å². The summed E-state index contributed by atoms with van der Waals surface area (Å²) in [6.45, 7) is 9.04. The molecule has 3 aromatic rings. The fourth-order valence-corrected chi connectivity index (χ4v) is 11.0. The van der Waals surface area contributed by atoms with Gasteiger partial charge in [0.2, 0.25) is 0 Å². The van der Waals surface area contributed by atoms with Gasteiger partial charge in [-0.1, -0.05) is 80.6 Å². The van der Waals surface area contributed by atoms with Gasteiger partial charge >= 0.3 is 17.9 Å². The Morgan fingerprint density at radius 3 is 1.98 bits per heavy atom. The summed E-state index contributed by atoms with van der Waals surface area (Å²) >= 11 is 0. The third-order valence-electron chi connectivity index (χ3n) is 14.2. The molecule has 14 heteroatoms. The summed E-state index contributed by atoms with van der Waals surface area (Å²) < 4.78 is 31.0. The largest absolute Gasteiger partial charge is 0.456 e. The van der Waals surface area contributed by atoms with E-state index in [-0.39, 0.29) is 47.5 Å². The van der Waals surface area contributed by atoms with Crippen LogP contribution in [0, 0.1) is 22.2 Å². The van der Waals surface area contributed by atoms with E-state index in [1.165, 1.54) is 14.0 Å². The molecule has 3 aromatic carbocycles. The lowest BCUT2D eigenvalue weighted by Gasteiger charge is -2.69. The third kappa shape index (κ3) is 7.70. The van der Waals surface area contributed by atoms with Gasteiger partial charge in [0.15, 0.2) is 18.0 Å². The highest BCUT2D eigenvalue weighted by Gasteiger charge is 2.77. The van der Waals surface area contributed by atoms with Crippen molar-refractivity contribution in [3.63, 3.8) is 0 Å². The number of ether oxygens (including phenoxy) is 5. The molecular weight excluding hydrogens is 811 g/mol. The molecule has 3 fully saturated rings. The van der Waals surface area contributed by atoms with Crippen LogP contribution in [0.2, 0.25) is 0 Å². The molecule has 334 valence electrons. The monoisotopic (exact) mass is 865 g/mol. The second-order valence-corrected chi connectivity index (χ2v) is 18.1. The van der Waals surface area contributed by atoms with Crippen LogP contribution < -0.4 is 5.32 Å². The maximum absolute atomic E-state index is 15.8. The lowest BCUT2D eigenvalue weighted by molar-refractivity contribution is -0.321. The van der Waals surface area contributed by atoms with Gasteiger partial charge in [-0.15, -0.1) is 0 Å². The second kappa shape index (κ2) is 17.2. The quantitative estimate of drug-likeness (QED) is 0.124. The first-order valence-electron chi connectivity index (χ1n) is 21.2. The number of carbonyl (C=O) groups is 6. The molecule has 0 aromatic heterocycles. The maximum atomic E-state index is 15.8. The van der Waals surface area contributed by atoms with Crippen molar-refractivity contribution < 1.29 is 62.7 Å². The SMILES string of the molecule is COC1CC2OC[C@@]2(CC(C)=O)C2[C@H](OC(=O)c3ccccc3)C3(O)C[C@H](OC(=O)[C@H](O)C(NC(=O)c4ccccc4)c4ccccc4)C(C)=C(C(OC(C)=O)C(=O)C12C)C3(C)C. The number of nitrogens with one attached hydrogen (secondary N) is 1. The first-order valence-corrected chi connectivity index (χ1v) is 21.2. The van der Waals surface area contributed by atoms with Gasteiger partial charge in [0.25, 0.3) is 5.91 Å². The van der Waals surface area contributed by atoms with Crippen LogP contribution in [0.1, 0.15) is 93.1 Å². The fourth-order valence-electron chi connectivity index (χ4n) is 11.0. The Morgan fingerprint density at radius 2 is 1.44 bits per heavy atom. The van der Waals surface area contributed by atoms with E-state index >= 15 is 4.79 Å². The summed E-state index contributed by atoms with van der Waals surface area (Å²) in [5.74, 6) is -5.47. The van der Waals surface area contributed by atoms with Crippen molar-refractivity contribution in [3.8, 4) is 0 Å².